The standard InChI is InChI=1S/C14H27N3/c1-4-6-7-8-13(3)17-11-14(16-12-17)10-15-9-5-2/h11-13,15H,4-10H2,1-3H3. The maximum Gasteiger partial charge on any atom is 0.0952 e. The number of nitrogens with zero attached hydrogens (tertiary/aromatic N) is 2. The molecule has 0 radical (unpaired) electrons. The van der Waals surface area contributed by atoms with Crippen molar-refractivity contribution in [1.82, 2.24) is 14.9 Å². The van der Waals surface area contributed by atoms with Crippen LogP contribution in [0.5, 0.6) is 0 Å². The average Bonchev–Trinajstić information content (AvgIpc) is 2.78. The molecule has 1 unspecified atom stereocenters. The molecule has 1 aromatic heterocycles. The topological polar surface area (TPSA) is 29.9 Å². The summed E-state index contributed by atoms with van der Waals surface area (Å²) in [6.07, 6.45) is 10.5. The second kappa shape index (κ2) is 8.29. The van der Waals surface area contributed by atoms with Gasteiger partial charge in [-0.3, -0.25) is 0 Å². The van der Waals surface area contributed by atoms with Gasteiger partial charge >= 0.3 is 0 Å². The van der Waals surface area contributed by atoms with E-state index in [2.05, 4.69) is 41.8 Å². The minimum atomic E-state index is 0.578. The van der Waals surface area contributed by atoms with Crippen molar-refractivity contribution in [3.05, 3.63) is 18.2 Å². The number of nitrogens with one attached hydrogen (secondary N) is 1. The quantitative estimate of drug-likeness (QED) is 0.666. The normalized spacial score (nSPS) is 12.9. The van der Waals surface area contributed by atoms with E-state index in [9.17, 15) is 0 Å². The van der Waals surface area contributed by atoms with Gasteiger partial charge in [-0.2, -0.15) is 0 Å². The Bertz CT molecular complexity index is 293. The molecule has 1 atom stereocenters. The molecular weight excluding hydrogens is 210 g/mol. The zero-order valence-corrected chi connectivity index (χ0v) is 11.6. The molecule has 0 saturated heterocycles. The Labute approximate surface area is 106 Å². The van der Waals surface area contributed by atoms with Crippen LogP contribution in [0.25, 0.3) is 0 Å². The Morgan fingerprint density at radius 2 is 2.12 bits per heavy atom. The molecule has 1 N–H and O–H groups in total. The predicted octanol–water partition coefficient (Wildman–Crippen LogP) is 3.52. The molecule has 1 aromatic rings. The van der Waals surface area contributed by atoms with Gasteiger partial charge in [0, 0.05) is 18.8 Å². The maximum absolute atomic E-state index is 4.44. The van der Waals surface area contributed by atoms with Crippen molar-refractivity contribution in [2.75, 3.05) is 6.54 Å². The van der Waals surface area contributed by atoms with Gasteiger partial charge in [0.05, 0.1) is 12.0 Å². The van der Waals surface area contributed by atoms with E-state index < -0.39 is 0 Å². The fourth-order valence-corrected chi connectivity index (χ4v) is 1.94. The molecule has 0 aliphatic carbocycles. The summed E-state index contributed by atoms with van der Waals surface area (Å²) in [6, 6.07) is 0.578. The molecule has 0 aliphatic rings. The van der Waals surface area contributed by atoms with E-state index in [0.29, 0.717) is 6.04 Å². The van der Waals surface area contributed by atoms with Gasteiger partial charge in [-0.05, 0) is 26.3 Å². The van der Waals surface area contributed by atoms with E-state index in [0.717, 1.165) is 18.8 Å². The SMILES string of the molecule is CCCCCC(C)n1cnc(CNCCC)c1. The fourth-order valence-electron chi connectivity index (χ4n) is 1.94. The molecule has 0 spiro atoms. The smallest absolute Gasteiger partial charge is 0.0952 e. The van der Waals surface area contributed by atoms with Gasteiger partial charge in [0.15, 0.2) is 0 Å². The highest BCUT2D eigenvalue weighted by atomic mass is 15.1. The third-order valence-electron chi connectivity index (χ3n) is 3.12. The minimum Gasteiger partial charge on any atom is -0.334 e. The highest BCUT2D eigenvalue weighted by Gasteiger charge is 2.05. The van der Waals surface area contributed by atoms with Crippen LogP contribution in [0.1, 0.15) is 64.6 Å². The summed E-state index contributed by atoms with van der Waals surface area (Å²) in [6.45, 7) is 8.67. The van der Waals surface area contributed by atoms with E-state index in [4.69, 9.17) is 0 Å². The average molecular weight is 237 g/mol. The Morgan fingerprint density at radius 3 is 2.82 bits per heavy atom. The Balaban J connectivity index is 2.33. The Morgan fingerprint density at radius 1 is 1.29 bits per heavy atom. The van der Waals surface area contributed by atoms with Crippen LogP contribution in [0.2, 0.25) is 0 Å². The first kappa shape index (κ1) is 14.2. The predicted molar refractivity (Wildman–Crippen MR) is 73.1 cm³/mol. The van der Waals surface area contributed by atoms with Gasteiger partial charge in [0.2, 0.25) is 0 Å². The van der Waals surface area contributed by atoms with E-state index in [-0.39, 0.29) is 0 Å². The molecular formula is C14H27N3. The van der Waals surface area contributed by atoms with Crippen LogP contribution in [-0.4, -0.2) is 16.1 Å². The molecule has 1 heterocycles. The minimum absolute atomic E-state index is 0.578. The fraction of sp³-hybridized carbons (Fsp3) is 0.786. The van der Waals surface area contributed by atoms with Gasteiger partial charge in [-0.25, -0.2) is 4.98 Å². The summed E-state index contributed by atoms with van der Waals surface area (Å²) in [7, 11) is 0. The molecule has 3 heteroatoms. The number of aromatic nitrogens is 2. The monoisotopic (exact) mass is 237 g/mol. The molecule has 17 heavy (non-hydrogen) atoms. The molecule has 0 saturated carbocycles. The lowest BCUT2D eigenvalue weighted by atomic mass is 10.1. The van der Waals surface area contributed by atoms with Crippen molar-refractivity contribution >= 4 is 0 Å². The van der Waals surface area contributed by atoms with Crippen molar-refractivity contribution in [3.63, 3.8) is 0 Å². The lowest BCUT2D eigenvalue weighted by Crippen LogP contribution is -2.14. The molecule has 1 rings (SSSR count). The first-order valence-corrected chi connectivity index (χ1v) is 7.01. The lowest BCUT2D eigenvalue weighted by Gasteiger charge is -2.12. The summed E-state index contributed by atoms with van der Waals surface area (Å²) in [5.74, 6) is 0. The summed E-state index contributed by atoms with van der Waals surface area (Å²) >= 11 is 0. The molecule has 0 amide bonds. The van der Waals surface area contributed by atoms with Crippen molar-refractivity contribution in [3.8, 4) is 0 Å². The summed E-state index contributed by atoms with van der Waals surface area (Å²) in [5, 5.41) is 3.38. The van der Waals surface area contributed by atoms with Crippen LogP contribution in [0.3, 0.4) is 0 Å². The maximum atomic E-state index is 4.44. The number of unbranched alkanes of at least 4 members (excludes halogenated alkanes) is 2. The Kier molecular flexibility index (Phi) is 6.94. The van der Waals surface area contributed by atoms with Gasteiger partial charge in [-0.1, -0.05) is 33.1 Å². The van der Waals surface area contributed by atoms with Crippen LogP contribution in [0, 0.1) is 0 Å². The first-order chi connectivity index (χ1) is 8.27. The Hall–Kier alpha value is -0.830. The molecule has 0 aromatic carbocycles. The highest BCUT2D eigenvalue weighted by Crippen LogP contribution is 2.15. The summed E-state index contributed by atoms with van der Waals surface area (Å²) in [4.78, 5) is 4.44. The third kappa shape index (κ3) is 5.35. The van der Waals surface area contributed by atoms with Gasteiger partial charge in [0.1, 0.15) is 0 Å². The molecule has 0 fully saturated rings. The van der Waals surface area contributed by atoms with Crippen molar-refractivity contribution in [2.24, 2.45) is 0 Å². The van der Waals surface area contributed by atoms with Crippen LogP contribution < -0.4 is 5.32 Å². The third-order valence-corrected chi connectivity index (χ3v) is 3.12. The first-order valence-electron chi connectivity index (χ1n) is 7.01. The molecule has 98 valence electrons. The summed E-state index contributed by atoms with van der Waals surface area (Å²) in [5.41, 5.74) is 1.15. The number of hydrogen-bond acceptors (Lipinski definition) is 2. The molecule has 3 nitrogen and oxygen atoms in total. The zero-order valence-electron chi connectivity index (χ0n) is 11.6. The lowest BCUT2D eigenvalue weighted by molar-refractivity contribution is 0.476. The molecule has 0 bridgehead atoms. The van der Waals surface area contributed by atoms with E-state index in [1.54, 1.807) is 0 Å². The number of imidazole rings is 1. The van der Waals surface area contributed by atoms with Crippen LogP contribution in [-0.2, 0) is 6.54 Å². The second-order valence-electron chi connectivity index (χ2n) is 4.83. The number of rotatable bonds is 9. The number of hydrogen-bond donors (Lipinski definition) is 1. The van der Waals surface area contributed by atoms with Gasteiger partial charge in [-0.15, -0.1) is 0 Å². The van der Waals surface area contributed by atoms with Gasteiger partial charge < -0.3 is 9.88 Å². The van der Waals surface area contributed by atoms with Crippen LogP contribution in [0.4, 0.5) is 0 Å². The molecule has 0 aliphatic heterocycles. The highest BCUT2D eigenvalue weighted by molar-refractivity contribution is 4.97. The largest absolute Gasteiger partial charge is 0.334 e. The second-order valence-corrected chi connectivity index (χ2v) is 4.83. The van der Waals surface area contributed by atoms with Crippen molar-refractivity contribution < 1.29 is 0 Å². The van der Waals surface area contributed by atoms with E-state index in [1.165, 1.54) is 32.1 Å². The zero-order chi connectivity index (χ0) is 12.5. The van der Waals surface area contributed by atoms with Crippen molar-refractivity contribution in [2.45, 2.75) is 65.5 Å². The van der Waals surface area contributed by atoms with Crippen LogP contribution >= 0.6 is 0 Å². The summed E-state index contributed by atoms with van der Waals surface area (Å²) < 4.78 is 2.25. The van der Waals surface area contributed by atoms with E-state index >= 15 is 0 Å². The van der Waals surface area contributed by atoms with Crippen LogP contribution in [0.15, 0.2) is 12.5 Å². The van der Waals surface area contributed by atoms with Gasteiger partial charge in [0.25, 0.3) is 0 Å². The van der Waals surface area contributed by atoms with E-state index in [1.807, 2.05) is 6.33 Å². The van der Waals surface area contributed by atoms with Crippen molar-refractivity contribution in [1.29, 1.82) is 0 Å².